The molecule has 20 heteroatoms. The molecule has 2 saturated heterocycles. The number of aromatic nitrogens is 2. The van der Waals surface area contributed by atoms with E-state index in [9.17, 15) is 29.4 Å². The molecule has 7 N–H and O–H groups in total. The summed E-state index contributed by atoms with van der Waals surface area (Å²) in [5, 5.41) is 36.9. The van der Waals surface area contributed by atoms with Gasteiger partial charge in [0.25, 0.3) is 0 Å². The first kappa shape index (κ1) is 63.7. The van der Waals surface area contributed by atoms with Crippen molar-refractivity contribution in [2.75, 3.05) is 51.3 Å². The van der Waals surface area contributed by atoms with Crippen LogP contribution in [0.1, 0.15) is 145 Å². The molecule has 4 aromatic rings. The minimum absolute atomic E-state index is 0.00519. The second-order valence-corrected chi connectivity index (χ2v) is 28.6. The molecule has 85 heavy (non-hydrogen) atoms. The highest BCUT2D eigenvalue weighted by Crippen LogP contribution is 2.74. The number of nitrogens with zero attached hydrogens (tertiary/aromatic N) is 2. The minimum Gasteiger partial charge on any atom is -0.481 e. The van der Waals surface area contributed by atoms with Gasteiger partial charge in [-0.15, -0.1) is 0 Å². The van der Waals surface area contributed by atoms with E-state index in [4.69, 9.17) is 76.2 Å². The quantitative estimate of drug-likeness (QED) is 0.0810. The SMILES string of the molecule is CC1(C)CCC2(CC1)C[C@@H](C(=O)O)[C@H](c1ccnc(Cl)c1)C21C(=O)Nc2cc(Cl)ccc21.CO[C@H]1C[C@@H](CC(=O)[C@@H]2CC3(CCC(C)(C)CC3)[C@@]3(C(=O)Nc4cc(Cl)ccc43)[C@H]2c2ccnc(Cl)c2)CO[C@@H]1CO.CO[C@H]1C[C@@H](N)CO[C@@H]1CO. The molecule has 0 radical (unpaired) electrons. The van der Waals surface area contributed by atoms with E-state index in [0.29, 0.717) is 64.9 Å². The van der Waals surface area contributed by atoms with Crippen molar-refractivity contribution in [3.8, 4) is 0 Å². The highest BCUT2D eigenvalue weighted by molar-refractivity contribution is 6.32. The number of amides is 2. The van der Waals surface area contributed by atoms with Crippen LogP contribution in [-0.4, -0.2) is 120 Å². The van der Waals surface area contributed by atoms with Crippen LogP contribution in [0.3, 0.4) is 0 Å². The lowest BCUT2D eigenvalue weighted by Crippen LogP contribution is -2.52. The summed E-state index contributed by atoms with van der Waals surface area (Å²) in [6, 6.07) is 18.5. The van der Waals surface area contributed by atoms with E-state index in [1.807, 2.05) is 36.4 Å². The zero-order chi connectivity index (χ0) is 61.0. The van der Waals surface area contributed by atoms with E-state index < -0.39 is 51.3 Å². The third kappa shape index (κ3) is 11.6. The Labute approximate surface area is 518 Å². The highest BCUT2D eigenvalue weighted by atomic mass is 35.5. The lowest BCUT2D eigenvalue weighted by atomic mass is 9.51. The Bertz CT molecular complexity index is 3150. The molecule has 12 rings (SSSR count). The summed E-state index contributed by atoms with van der Waals surface area (Å²) in [6.45, 7) is 9.88. The average molecular weight is 1250 g/mol. The van der Waals surface area contributed by atoms with Gasteiger partial charge in [-0.2, -0.15) is 0 Å². The molecule has 12 atom stereocenters. The predicted octanol–water partition coefficient (Wildman–Crippen LogP) is 11.5. The number of Topliss-reactive ketones (excluding diaryl/α,β-unsaturated/α-hetero) is 1. The van der Waals surface area contributed by atoms with Gasteiger partial charge in [-0.05, 0) is 175 Å². The zero-order valence-corrected chi connectivity index (χ0v) is 52.3. The Hall–Kier alpha value is -4.30. The number of nitrogens with one attached hydrogen (secondary N) is 2. The normalized spacial score (nSPS) is 32.6. The molecule has 4 aliphatic heterocycles. The van der Waals surface area contributed by atoms with Crippen LogP contribution in [0, 0.1) is 39.4 Å². The molecule has 4 spiro atoms. The number of fused-ring (bicyclic) bond motifs is 6. The van der Waals surface area contributed by atoms with Gasteiger partial charge < -0.3 is 50.6 Å². The molecule has 4 aliphatic carbocycles. The van der Waals surface area contributed by atoms with E-state index in [1.54, 1.807) is 50.9 Å². The van der Waals surface area contributed by atoms with Crippen LogP contribution < -0.4 is 16.4 Å². The Balaban J connectivity index is 0.000000164. The van der Waals surface area contributed by atoms with Gasteiger partial charge >= 0.3 is 5.97 Å². The summed E-state index contributed by atoms with van der Waals surface area (Å²) in [4.78, 5) is 64.2. The first-order valence-corrected chi connectivity index (χ1v) is 31.4. The maximum absolute atomic E-state index is 14.6. The standard InChI is InChI=1S/C33H40Cl2N2O5.C25H26Cl2N2O3.C7H15NO3/c1-31(2)7-9-32(10-8-31)16-22(25(39)12-19-13-26(41-3)27(17-38)42-18-19)29(20-6-11-36-28(35)14-20)33(32)23-5-4-21(34)15-24(23)37-30(33)40;1-23(2)6-8-24(9-7-23)13-16(21(30)31)20(14-5-10-28-19(27)11-14)25(24)17-4-3-15(26)12-18(17)29-22(25)32;1-10-6-2-5(8)4-11-7(6)3-9/h4-6,11,14-15,19,22,26-27,29,38H,7-10,12-13,16-18H2,1-3H3,(H,37,40);3-5,10-12,16,20H,6-9,13H2,1-2H3,(H,29,32)(H,30,31);5-7,9H,2-4,8H2,1H3/t19-,22+,26+,27-,29+,33-;16-,20+,25?;5-,6+,7-/m111/s1. The van der Waals surface area contributed by atoms with Gasteiger partial charge in [0.05, 0.1) is 55.4 Å². The third-order valence-electron chi connectivity index (χ3n) is 21.2. The molecule has 1 unspecified atom stereocenters. The van der Waals surface area contributed by atoms with Gasteiger partial charge in [-0.3, -0.25) is 19.2 Å². The van der Waals surface area contributed by atoms with Crippen molar-refractivity contribution >= 4 is 81.3 Å². The highest BCUT2D eigenvalue weighted by Gasteiger charge is 2.74. The fourth-order valence-corrected chi connectivity index (χ4v) is 17.6. The van der Waals surface area contributed by atoms with E-state index in [2.05, 4.69) is 48.3 Å². The van der Waals surface area contributed by atoms with Crippen LogP contribution >= 0.6 is 46.4 Å². The summed E-state index contributed by atoms with van der Waals surface area (Å²) in [5.41, 5.74) is 7.95. The summed E-state index contributed by atoms with van der Waals surface area (Å²) < 4.78 is 21.9. The van der Waals surface area contributed by atoms with E-state index >= 15 is 0 Å². The minimum atomic E-state index is -1.00. The Morgan fingerprint density at radius 3 is 1.51 bits per heavy atom. The van der Waals surface area contributed by atoms with Crippen molar-refractivity contribution in [2.45, 2.75) is 164 Å². The third-order valence-corrected chi connectivity index (χ3v) is 22.1. The van der Waals surface area contributed by atoms with Crippen LogP contribution in [0.15, 0.2) is 73.1 Å². The Morgan fingerprint density at radius 2 is 1.07 bits per heavy atom. The van der Waals surface area contributed by atoms with E-state index in [0.717, 1.165) is 85.7 Å². The number of anilines is 2. The van der Waals surface area contributed by atoms with Crippen molar-refractivity contribution in [1.82, 2.24) is 9.97 Å². The van der Waals surface area contributed by atoms with E-state index in [-0.39, 0.29) is 78.0 Å². The maximum Gasteiger partial charge on any atom is 0.307 e. The number of carboxylic acid groups (broad SMARTS) is 1. The number of aliphatic carboxylic acids is 1. The number of rotatable bonds is 10. The summed E-state index contributed by atoms with van der Waals surface area (Å²) in [5.74, 6) is -3.03. The molecule has 460 valence electrons. The molecule has 6 fully saturated rings. The van der Waals surface area contributed by atoms with E-state index in [1.165, 1.54) is 0 Å². The number of methoxy groups -OCH3 is 2. The lowest BCUT2D eigenvalue weighted by Gasteiger charge is -2.51. The number of pyridine rings is 2. The van der Waals surface area contributed by atoms with Gasteiger partial charge in [-0.25, -0.2) is 9.97 Å². The van der Waals surface area contributed by atoms with Gasteiger partial charge in [0.2, 0.25) is 11.8 Å². The number of hydrogen-bond acceptors (Lipinski definition) is 13. The fraction of sp³-hybridized carbons (Fsp3) is 0.600. The summed E-state index contributed by atoms with van der Waals surface area (Å²) in [7, 11) is 3.22. The number of aliphatic hydroxyl groups excluding tert-OH is 2. The molecule has 4 saturated carbocycles. The van der Waals surface area contributed by atoms with Crippen molar-refractivity contribution in [2.24, 2.45) is 45.1 Å². The number of aliphatic hydroxyl groups is 2. The van der Waals surface area contributed by atoms with Gasteiger partial charge in [0, 0.05) is 78.2 Å². The van der Waals surface area contributed by atoms with Crippen LogP contribution in [0.4, 0.5) is 11.4 Å². The number of nitrogens with two attached hydrogens (primary N) is 1. The number of carbonyl (C=O) groups is 4. The topological polar surface area (TPSA) is 242 Å². The molecule has 16 nitrogen and oxygen atoms in total. The molecular formula is C65H81Cl4N5O11. The number of carbonyl (C=O) groups excluding carboxylic acids is 3. The summed E-state index contributed by atoms with van der Waals surface area (Å²) >= 11 is 25.4. The molecule has 2 aromatic heterocycles. The van der Waals surface area contributed by atoms with Gasteiger partial charge in [0.15, 0.2) is 0 Å². The molecular weight excluding hydrogens is 1170 g/mol. The van der Waals surface area contributed by atoms with Gasteiger partial charge in [-0.1, -0.05) is 86.2 Å². The number of hydrogen-bond donors (Lipinski definition) is 6. The molecule has 2 aromatic carbocycles. The van der Waals surface area contributed by atoms with Crippen molar-refractivity contribution in [1.29, 1.82) is 0 Å². The molecule has 0 bridgehead atoms. The second kappa shape index (κ2) is 24.9. The monoisotopic (exact) mass is 1250 g/mol. The number of carboxylic acids is 1. The number of benzene rings is 2. The maximum atomic E-state index is 14.6. The number of halogens is 4. The lowest BCUT2D eigenvalue weighted by molar-refractivity contribution is -0.142. The molecule has 2 amide bonds. The average Bonchev–Trinajstić information content (AvgIpc) is 1.58. The molecule has 6 heterocycles. The molecule has 8 aliphatic rings. The van der Waals surface area contributed by atoms with Crippen molar-refractivity contribution in [3.05, 3.63) is 116 Å². The Morgan fingerprint density at radius 1 is 0.635 bits per heavy atom. The zero-order valence-electron chi connectivity index (χ0n) is 49.3. The van der Waals surface area contributed by atoms with Crippen LogP contribution in [-0.2, 0) is 49.0 Å². The van der Waals surface area contributed by atoms with Crippen LogP contribution in [0.5, 0.6) is 0 Å². The van der Waals surface area contributed by atoms with Crippen molar-refractivity contribution < 1.29 is 53.4 Å². The largest absolute Gasteiger partial charge is 0.481 e. The Kier molecular flexibility index (Phi) is 18.7. The first-order valence-electron chi connectivity index (χ1n) is 29.9. The number of ketones is 1. The first-order chi connectivity index (χ1) is 40.4. The fourth-order valence-electron chi connectivity index (χ4n) is 16.9. The van der Waals surface area contributed by atoms with Gasteiger partial charge in [0.1, 0.15) is 28.3 Å². The van der Waals surface area contributed by atoms with Crippen LogP contribution in [0.25, 0.3) is 0 Å². The predicted molar refractivity (Wildman–Crippen MR) is 326 cm³/mol. The smallest absolute Gasteiger partial charge is 0.307 e. The second-order valence-electron chi connectivity index (χ2n) is 27.0. The van der Waals surface area contributed by atoms with Crippen LogP contribution in [0.2, 0.25) is 20.4 Å². The summed E-state index contributed by atoms with van der Waals surface area (Å²) in [6.07, 6.45) is 12.3. The van der Waals surface area contributed by atoms with Crippen molar-refractivity contribution in [3.63, 3.8) is 0 Å². The number of ether oxygens (including phenoxy) is 4.